The molecule has 0 unspecified atom stereocenters. The van der Waals surface area contributed by atoms with Gasteiger partial charge in [-0.2, -0.15) is 0 Å². The summed E-state index contributed by atoms with van der Waals surface area (Å²) in [7, 11) is 21.6. The molecule has 0 rings (SSSR count). The Balaban J connectivity index is 0. The lowest BCUT2D eigenvalue weighted by atomic mass is 8.76. The fourth-order valence-corrected chi connectivity index (χ4v) is 0.128. The molecule has 39 valence electrons. The first-order valence-corrected chi connectivity index (χ1v) is 2.99. The van der Waals surface area contributed by atoms with E-state index in [2.05, 4.69) is 6.58 Å². The number of rotatable bonds is 2. The Labute approximate surface area is 70.9 Å². The summed E-state index contributed by atoms with van der Waals surface area (Å²) >= 11 is 0. The third-order valence-electron chi connectivity index (χ3n) is 0.667. The highest BCUT2D eigenvalue weighted by atomic mass is 13.2. The van der Waals surface area contributed by atoms with E-state index in [0.717, 1.165) is 0 Å². The van der Waals surface area contributed by atoms with Crippen molar-refractivity contribution in [1.29, 1.82) is 0 Å². The Morgan fingerprint density at radius 3 is 1.70 bits per heavy atom. The molecule has 0 aromatic carbocycles. The molecule has 0 fully saturated rings. The van der Waals surface area contributed by atoms with Gasteiger partial charge >= 0.3 is 0 Å². The van der Waals surface area contributed by atoms with Crippen molar-refractivity contribution in [3.05, 3.63) is 12.7 Å². The van der Waals surface area contributed by atoms with E-state index in [1.54, 1.807) is 6.08 Å². The molecule has 0 aromatic rings. The van der Waals surface area contributed by atoms with Gasteiger partial charge in [0.25, 0.3) is 0 Å². The Morgan fingerprint density at radius 2 is 1.70 bits per heavy atom. The van der Waals surface area contributed by atoms with Crippen molar-refractivity contribution in [2.24, 2.45) is 0 Å². The first-order chi connectivity index (χ1) is 4.59. The largest absolute Gasteiger partial charge is 0.103 e. The van der Waals surface area contributed by atoms with Crippen LogP contribution in [0.5, 0.6) is 0 Å². The van der Waals surface area contributed by atoms with Crippen LogP contribution in [0.3, 0.4) is 0 Å². The minimum absolute atomic E-state index is 0.389. The molecule has 0 N–H and O–H groups in total. The fourth-order valence-electron chi connectivity index (χ4n) is 0.128. The summed E-state index contributed by atoms with van der Waals surface area (Å²) in [5, 5.41) is 0. The van der Waals surface area contributed by atoms with E-state index < -0.39 is 6.39 Å². The van der Waals surface area contributed by atoms with E-state index in [4.69, 9.17) is 30.9 Å². The molecule has 0 atom stereocenters. The lowest BCUT2D eigenvalue weighted by molar-refractivity contribution is 1.80. The van der Waals surface area contributed by atoms with Crippen LogP contribution in [-0.2, 0) is 0 Å². The van der Waals surface area contributed by atoms with E-state index in [1.165, 1.54) is 7.06 Å². The predicted octanol–water partition coefficient (Wildman–Crippen LogP) is -1.47. The zero-order valence-electron chi connectivity index (χ0n) is 6.33. The van der Waals surface area contributed by atoms with Crippen LogP contribution < -0.4 is 0 Å². The van der Waals surface area contributed by atoms with Crippen LogP contribution >= 0.6 is 0 Å². The standard InChI is InChI=1S/C3H6.B7/c1-3-2;1-5-7(4)6(2)3/h3H,1H2,2H3;. The van der Waals surface area contributed by atoms with Crippen LogP contribution in [0.1, 0.15) is 6.92 Å². The Hall–Kier alpha value is 0.195. The van der Waals surface area contributed by atoms with Crippen molar-refractivity contribution in [2.45, 2.75) is 6.92 Å². The van der Waals surface area contributed by atoms with Gasteiger partial charge in [0.1, 0.15) is 0 Å². The van der Waals surface area contributed by atoms with Crippen LogP contribution in [0, 0.1) is 0 Å². The van der Waals surface area contributed by atoms with E-state index in [1.807, 2.05) is 6.92 Å². The number of hydrogen-bond acceptors (Lipinski definition) is 0. The molecule has 0 nitrogen and oxygen atoms in total. The second kappa shape index (κ2) is 9.19. The molecular formula is C3H6B7. The summed E-state index contributed by atoms with van der Waals surface area (Å²) in [5.74, 6) is 0. The second-order valence-electron chi connectivity index (χ2n) is 1.76. The van der Waals surface area contributed by atoms with Gasteiger partial charge in [0.15, 0.2) is 0 Å². The Kier molecular flexibility index (Phi) is 11.8. The molecule has 0 spiro atoms. The van der Waals surface area contributed by atoms with Gasteiger partial charge in [0.2, 0.25) is 0 Å². The molecule has 0 aliphatic heterocycles. The highest BCUT2D eigenvalue weighted by Gasteiger charge is 2.06. The summed E-state index contributed by atoms with van der Waals surface area (Å²) in [6.45, 7) is 5.25. The molecule has 0 saturated heterocycles. The first-order valence-electron chi connectivity index (χ1n) is 2.99. The Bertz CT molecular complexity index is 71.3. The molecule has 0 saturated carbocycles. The van der Waals surface area contributed by atoms with Crippen molar-refractivity contribution in [2.75, 3.05) is 0 Å². The smallest absolute Gasteiger partial charge is 0 e. The molecule has 0 aliphatic rings. The quantitative estimate of drug-likeness (QED) is 0.306. The van der Waals surface area contributed by atoms with Gasteiger partial charge in [-0.15, -0.1) is 6.58 Å². The minimum atomic E-state index is -0.537. The van der Waals surface area contributed by atoms with Crippen molar-refractivity contribution in [3.63, 3.8) is 0 Å². The SMILES string of the molecule is C=CC.[B][B]B([B])B([B])[B]. The highest BCUT2D eigenvalue weighted by molar-refractivity contribution is 7.81. The normalized spacial score (nSPS) is 6.50. The van der Waals surface area contributed by atoms with Gasteiger partial charge in [-0.3, -0.25) is 0 Å². The third kappa shape index (κ3) is 11.1. The summed E-state index contributed by atoms with van der Waals surface area (Å²) in [6, 6.07) is 0. The maximum Gasteiger partial charge on any atom is 0 e. The van der Waals surface area contributed by atoms with Crippen LogP contribution in [0.4, 0.5) is 0 Å². The zero-order valence-corrected chi connectivity index (χ0v) is 6.33. The van der Waals surface area contributed by atoms with Gasteiger partial charge in [0.05, 0.1) is 0 Å². The highest BCUT2D eigenvalue weighted by Crippen LogP contribution is 1.68. The second-order valence-corrected chi connectivity index (χ2v) is 1.76. The predicted molar refractivity (Wildman–Crippen MR) is 56.1 cm³/mol. The topological polar surface area (TPSA) is 0 Å². The molecule has 0 aromatic heterocycles. The average Bonchev–Trinajstić information content (AvgIpc) is 1.88. The average molecular weight is 118 g/mol. The molecule has 0 bridgehead atoms. The lowest BCUT2D eigenvalue weighted by Gasteiger charge is -2.05. The van der Waals surface area contributed by atoms with E-state index in [0.29, 0.717) is 0 Å². The molecule has 9 radical (unpaired) electrons. The summed E-state index contributed by atoms with van der Waals surface area (Å²) in [4.78, 5) is 0. The van der Waals surface area contributed by atoms with Gasteiger partial charge in [0, 0.05) is 50.8 Å². The zero-order chi connectivity index (χ0) is 8.57. The van der Waals surface area contributed by atoms with Crippen LogP contribution in [0.25, 0.3) is 0 Å². The summed E-state index contributed by atoms with van der Waals surface area (Å²) in [5.41, 5.74) is 0. The van der Waals surface area contributed by atoms with Crippen LogP contribution in [0.2, 0.25) is 0 Å². The van der Waals surface area contributed by atoms with Crippen molar-refractivity contribution in [3.8, 4) is 0 Å². The molecule has 10 heavy (non-hydrogen) atoms. The molecule has 0 amide bonds. The van der Waals surface area contributed by atoms with Crippen molar-refractivity contribution in [1.82, 2.24) is 0 Å². The monoisotopic (exact) mass is 119 g/mol. The van der Waals surface area contributed by atoms with Crippen LogP contribution in [0.15, 0.2) is 12.7 Å². The van der Waals surface area contributed by atoms with E-state index in [9.17, 15) is 0 Å². The van der Waals surface area contributed by atoms with Crippen molar-refractivity contribution >= 4 is 50.8 Å². The molecule has 7 heteroatoms. The minimum Gasteiger partial charge on any atom is -0.103 e. The Morgan fingerprint density at radius 1 is 1.40 bits per heavy atom. The van der Waals surface area contributed by atoms with E-state index >= 15 is 0 Å². The molecule has 0 aliphatic carbocycles. The van der Waals surface area contributed by atoms with Gasteiger partial charge in [-0.1, -0.05) is 6.08 Å². The third-order valence-corrected chi connectivity index (χ3v) is 0.667. The first kappa shape index (κ1) is 12.8. The van der Waals surface area contributed by atoms with Crippen molar-refractivity contribution < 1.29 is 0 Å². The van der Waals surface area contributed by atoms with Gasteiger partial charge < -0.3 is 0 Å². The number of allylic oxidation sites excluding steroid dienone is 1. The summed E-state index contributed by atoms with van der Waals surface area (Å²) in [6.07, 6.45) is 0.824. The van der Waals surface area contributed by atoms with E-state index in [-0.39, 0.29) is 6.39 Å². The van der Waals surface area contributed by atoms with Crippen LogP contribution in [-0.4, -0.2) is 50.8 Å². The number of hydrogen-bond donors (Lipinski definition) is 0. The maximum atomic E-state index is 5.19. The summed E-state index contributed by atoms with van der Waals surface area (Å²) < 4.78 is 0. The molecule has 0 heterocycles. The lowest BCUT2D eigenvalue weighted by Crippen LogP contribution is -2.43. The fraction of sp³-hybridized carbons (Fsp3) is 0.333. The van der Waals surface area contributed by atoms with Gasteiger partial charge in [-0.25, -0.2) is 0 Å². The maximum absolute atomic E-state index is 5.19. The molecular weight excluding hydrogens is 112 g/mol. The van der Waals surface area contributed by atoms with Gasteiger partial charge in [-0.05, 0) is 6.92 Å².